The zero-order valence-corrected chi connectivity index (χ0v) is 15.8. The molecule has 4 rings (SSSR count). The van der Waals surface area contributed by atoms with Crippen LogP contribution in [0.4, 0.5) is 17.6 Å². The number of aryl methyl sites for hydroxylation is 1. The number of alkyl halides is 3. The number of rotatable bonds is 3. The molecule has 2 aromatic rings. The Labute approximate surface area is 165 Å². The number of hydrogen-bond acceptors (Lipinski definition) is 3. The second kappa shape index (κ2) is 7.42. The molecule has 1 fully saturated rings. The third-order valence-electron chi connectivity index (χ3n) is 5.32. The van der Waals surface area contributed by atoms with Crippen molar-refractivity contribution in [2.45, 2.75) is 32.3 Å². The monoisotopic (exact) mass is 408 g/mol. The highest BCUT2D eigenvalue weighted by Crippen LogP contribution is 2.32. The van der Waals surface area contributed by atoms with Gasteiger partial charge in [0, 0.05) is 31.7 Å². The van der Waals surface area contributed by atoms with Crippen LogP contribution in [0.25, 0.3) is 0 Å². The molecule has 29 heavy (non-hydrogen) atoms. The molecular weight excluding hydrogens is 388 g/mol. The molecular formula is C21H20F4N2O2. The quantitative estimate of drug-likeness (QED) is 0.782. The summed E-state index contributed by atoms with van der Waals surface area (Å²) in [6, 6.07) is 6.50. The maximum atomic E-state index is 13.7. The highest BCUT2D eigenvalue weighted by atomic mass is 19.4. The maximum absolute atomic E-state index is 13.7. The fraction of sp³-hybridized carbons (Fsp3) is 0.381. The number of benzene rings is 2. The largest absolute Gasteiger partial charge is 0.416 e. The average molecular weight is 408 g/mol. The van der Waals surface area contributed by atoms with Crippen molar-refractivity contribution >= 4 is 5.91 Å². The predicted molar refractivity (Wildman–Crippen MR) is 97.7 cm³/mol. The van der Waals surface area contributed by atoms with Crippen molar-refractivity contribution in [3.05, 3.63) is 69.5 Å². The van der Waals surface area contributed by atoms with E-state index in [2.05, 4.69) is 5.32 Å². The van der Waals surface area contributed by atoms with Crippen LogP contribution < -0.4 is 5.32 Å². The molecule has 2 heterocycles. The van der Waals surface area contributed by atoms with Gasteiger partial charge >= 0.3 is 6.18 Å². The van der Waals surface area contributed by atoms with Crippen LogP contribution in [0.1, 0.15) is 44.3 Å². The van der Waals surface area contributed by atoms with E-state index in [0.717, 1.165) is 28.8 Å². The molecule has 0 saturated carbocycles. The fourth-order valence-electron chi connectivity index (χ4n) is 4.02. The molecule has 2 aliphatic rings. The number of ether oxygens (including phenoxy) is 1. The molecule has 0 bridgehead atoms. The smallest absolute Gasteiger partial charge is 0.371 e. The van der Waals surface area contributed by atoms with Crippen LogP contribution in [0.5, 0.6) is 0 Å². The number of halogens is 4. The van der Waals surface area contributed by atoms with Crippen molar-refractivity contribution in [2.75, 3.05) is 19.7 Å². The number of carbonyl (C=O) groups excluding carboxylic acids is 1. The van der Waals surface area contributed by atoms with E-state index in [-0.39, 0.29) is 24.1 Å². The van der Waals surface area contributed by atoms with Gasteiger partial charge in [0.15, 0.2) is 0 Å². The lowest BCUT2D eigenvalue weighted by molar-refractivity contribution is -0.137. The van der Waals surface area contributed by atoms with Gasteiger partial charge in [0.1, 0.15) is 5.82 Å². The summed E-state index contributed by atoms with van der Waals surface area (Å²) in [6.07, 6.45) is -4.85. The van der Waals surface area contributed by atoms with E-state index in [0.29, 0.717) is 37.9 Å². The van der Waals surface area contributed by atoms with Gasteiger partial charge in [-0.05, 0) is 47.4 Å². The number of fused-ring (bicyclic) bond motifs is 1. The highest BCUT2D eigenvalue weighted by Gasteiger charge is 2.32. The molecule has 0 unspecified atom stereocenters. The Morgan fingerprint density at radius 1 is 1.21 bits per heavy atom. The zero-order chi connectivity index (χ0) is 20.8. The van der Waals surface area contributed by atoms with Crippen molar-refractivity contribution in [1.82, 2.24) is 10.2 Å². The van der Waals surface area contributed by atoms with E-state index in [1.807, 2.05) is 24.0 Å². The Bertz CT molecular complexity index is 958. The molecule has 1 amide bonds. The van der Waals surface area contributed by atoms with Crippen molar-refractivity contribution in [3.63, 3.8) is 0 Å². The normalized spacial score (nSPS) is 19.9. The van der Waals surface area contributed by atoms with Crippen LogP contribution in [-0.2, 0) is 24.0 Å². The Hall–Kier alpha value is -2.45. The first-order chi connectivity index (χ1) is 13.7. The van der Waals surface area contributed by atoms with E-state index < -0.39 is 17.6 Å². The Morgan fingerprint density at radius 3 is 2.76 bits per heavy atom. The maximum Gasteiger partial charge on any atom is 0.416 e. The Morgan fingerprint density at radius 2 is 2.00 bits per heavy atom. The van der Waals surface area contributed by atoms with Crippen molar-refractivity contribution in [3.8, 4) is 0 Å². The van der Waals surface area contributed by atoms with Gasteiger partial charge in [0.25, 0.3) is 5.91 Å². The van der Waals surface area contributed by atoms with E-state index in [4.69, 9.17) is 4.74 Å². The third kappa shape index (κ3) is 4.13. The number of nitrogens with one attached hydrogen (secondary N) is 1. The van der Waals surface area contributed by atoms with Crippen molar-refractivity contribution in [2.24, 2.45) is 0 Å². The summed E-state index contributed by atoms with van der Waals surface area (Å²) < 4.78 is 58.4. The number of carbonyl (C=O) groups is 1. The average Bonchev–Trinajstić information content (AvgIpc) is 3.02. The SMILES string of the molecule is Cc1cc([C@H]2CN(Cc3cc(F)cc(C(F)(F)F)c3)CCO2)cc2c1C(=O)NC2. The molecule has 1 N–H and O–H groups in total. The summed E-state index contributed by atoms with van der Waals surface area (Å²) in [6.45, 7) is 3.97. The van der Waals surface area contributed by atoms with Crippen LogP contribution in [0.2, 0.25) is 0 Å². The van der Waals surface area contributed by atoms with Gasteiger partial charge in [-0.25, -0.2) is 4.39 Å². The molecule has 0 radical (unpaired) electrons. The zero-order valence-electron chi connectivity index (χ0n) is 15.8. The lowest BCUT2D eigenvalue weighted by atomic mass is 9.97. The van der Waals surface area contributed by atoms with E-state index in [1.54, 1.807) is 0 Å². The molecule has 0 aliphatic carbocycles. The third-order valence-corrected chi connectivity index (χ3v) is 5.32. The molecule has 0 aromatic heterocycles. The number of hydrogen-bond donors (Lipinski definition) is 1. The van der Waals surface area contributed by atoms with Crippen LogP contribution in [0.3, 0.4) is 0 Å². The molecule has 1 saturated heterocycles. The first kappa shape index (κ1) is 19.8. The summed E-state index contributed by atoms with van der Waals surface area (Å²) >= 11 is 0. The second-order valence-corrected chi connectivity index (χ2v) is 7.50. The van der Waals surface area contributed by atoms with Crippen LogP contribution in [0.15, 0.2) is 30.3 Å². The lowest BCUT2D eigenvalue weighted by Gasteiger charge is -2.33. The number of nitrogens with zero attached hydrogens (tertiary/aromatic N) is 1. The topological polar surface area (TPSA) is 41.6 Å². The van der Waals surface area contributed by atoms with Gasteiger partial charge in [0.05, 0.1) is 18.3 Å². The van der Waals surface area contributed by atoms with Gasteiger partial charge in [0.2, 0.25) is 0 Å². The van der Waals surface area contributed by atoms with Gasteiger partial charge in [-0.3, -0.25) is 9.69 Å². The summed E-state index contributed by atoms with van der Waals surface area (Å²) in [5.41, 5.74) is 2.71. The summed E-state index contributed by atoms with van der Waals surface area (Å²) in [5, 5.41) is 2.80. The van der Waals surface area contributed by atoms with E-state index in [9.17, 15) is 22.4 Å². The van der Waals surface area contributed by atoms with Crippen LogP contribution in [0, 0.1) is 12.7 Å². The molecule has 2 aromatic carbocycles. The Balaban J connectivity index is 1.52. The lowest BCUT2D eigenvalue weighted by Crippen LogP contribution is -2.38. The summed E-state index contributed by atoms with van der Waals surface area (Å²) in [7, 11) is 0. The van der Waals surface area contributed by atoms with E-state index in [1.165, 1.54) is 0 Å². The Kier molecular flexibility index (Phi) is 5.08. The standard InChI is InChI=1S/C21H20F4N2O2/c1-12-4-14(7-15-9-26-20(28)19(12)15)18-11-27(2-3-29-18)10-13-5-16(21(23,24)25)8-17(22)6-13/h4-8,18H,2-3,9-11H2,1H3,(H,26,28)/t18-/m1/s1. The number of amides is 1. The van der Waals surface area contributed by atoms with Crippen LogP contribution in [-0.4, -0.2) is 30.5 Å². The molecule has 2 aliphatic heterocycles. The molecule has 8 heteroatoms. The predicted octanol–water partition coefficient (Wildman–Crippen LogP) is 3.97. The highest BCUT2D eigenvalue weighted by molar-refractivity contribution is 5.99. The van der Waals surface area contributed by atoms with Crippen molar-refractivity contribution in [1.29, 1.82) is 0 Å². The minimum absolute atomic E-state index is 0.0817. The first-order valence-electron chi connectivity index (χ1n) is 9.33. The first-order valence-corrected chi connectivity index (χ1v) is 9.33. The molecule has 1 atom stereocenters. The fourth-order valence-corrected chi connectivity index (χ4v) is 4.02. The second-order valence-electron chi connectivity index (χ2n) is 7.50. The molecule has 4 nitrogen and oxygen atoms in total. The molecule has 0 spiro atoms. The molecule has 154 valence electrons. The van der Waals surface area contributed by atoms with Crippen LogP contribution >= 0.6 is 0 Å². The van der Waals surface area contributed by atoms with Gasteiger partial charge < -0.3 is 10.1 Å². The van der Waals surface area contributed by atoms with Gasteiger partial charge in [-0.15, -0.1) is 0 Å². The van der Waals surface area contributed by atoms with Crippen molar-refractivity contribution < 1.29 is 27.1 Å². The minimum Gasteiger partial charge on any atom is -0.371 e. The van der Waals surface area contributed by atoms with Gasteiger partial charge in [-0.1, -0.05) is 12.1 Å². The van der Waals surface area contributed by atoms with Gasteiger partial charge in [-0.2, -0.15) is 13.2 Å². The van der Waals surface area contributed by atoms with E-state index >= 15 is 0 Å². The number of morpholine rings is 1. The summed E-state index contributed by atoms with van der Waals surface area (Å²) in [5.74, 6) is -0.979. The summed E-state index contributed by atoms with van der Waals surface area (Å²) in [4.78, 5) is 13.8. The minimum atomic E-state index is -4.59.